The number of thiophene rings is 1. The Labute approximate surface area is 109 Å². The summed E-state index contributed by atoms with van der Waals surface area (Å²) in [6.45, 7) is 0. The molecule has 18 heavy (non-hydrogen) atoms. The summed E-state index contributed by atoms with van der Waals surface area (Å²) in [7, 11) is 0. The van der Waals surface area contributed by atoms with Crippen LogP contribution in [-0.4, -0.2) is 31.8 Å². The second kappa shape index (κ2) is 5.47. The van der Waals surface area contributed by atoms with Crippen LogP contribution in [0.5, 0.6) is 0 Å². The summed E-state index contributed by atoms with van der Waals surface area (Å²) in [4.78, 5) is 23.2. The fraction of sp³-hybridized carbons (Fsp3) is 0. The summed E-state index contributed by atoms with van der Waals surface area (Å²) in [6, 6.07) is 3.27. The smallest absolute Gasteiger partial charge is 0.328 e. The van der Waals surface area contributed by atoms with Gasteiger partial charge in [-0.2, -0.15) is 0 Å². The second-order valence-electron chi connectivity index (χ2n) is 3.00. The van der Waals surface area contributed by atoms with E-state index in [4.69, 9.17) is 5.11 Å². The number of rotatable bonds is 4. The van der Waals surface area contributed by atoms with E-state index >= 15 is 0 Å². The predicted molar refractivity (Wildman–Crippen MR) is 66.6 cm³/mol. The Balaban J connectivity index is 2.05. The number of carbonyl (C=O) groups is 2. The Morgan fingerprint density at radius 1 is 1.39 bits per heavy atom. The number of amides is 1. The molecule has 0 radical (unpaired) electrons. The molecule has 2 heterocycles. The number of aromatic nitrogens is 3. The van der Waals surface area contributed by atoms with Crippen LogP contribution < -0.4 is 5.32 Å². The van der Waals surface area contributed by atoms with Gasteiger partial charge in [-0.1, -0.05) is 9.59 Å². The van der Waals surface area contributed by atoms with Crippen molar-refractivity contribution in [2.75, 3.05) is 5.32 Å². The molecule has 0 aliphatic heterocycles. The normalized spacial score (nSPS) is 10.7. The highest BCUT2D eigenvalue weighted by Gasteiger charge is 2.10. The van der Waals surface area contributed by atoms with E-state index < -0.39 is 5.97 Å². The van der Waals surface area contributed by atoms with Crippen LogP contribution in [0, 0.1) is 0 Å². The van der Waals surface area contributed by atoms with Gasteiger partial charge >= 0.3 is 5.97 Å². The lowest BCUT2D eigenvalue weighted by Crippen LogP contribution is -2.09. The zero-order valence-electron chi connectivity index (χ0n) is 8.73. The van der Waals surface area contributed by atoms with Gasteiger partial charge in [0.1, 0.15) is 0 Å². The summed E-state index contributed by atoms with van der Waals surface area (Å²) in [5.74, 6) is -1.36. The van der Waals surface area contributed by atoms with Crippen LogP contribution in [0.4, 0.5) is 5.13 Å². The van der Waals surface area contributed by atoms with Crippen LogP contribution in [0.2, 0.25) is 0 Å². The first kappa shape index (κ1) is 12.3. The number of carboxylic acids is 1. The van der Waals surface area contributed by atoms with Crippen molar-refractivity contribution in [2.24, 2.45) is 0 Å². The molecule has 92 valence electrons. The molecule has 7 nitrogen and oxygen atoms in total. The minimum atomic E-state index is -1.03. The average molecular weight is 282 g/mol. The molecule has 0 fully saturated rings. The first-order valence-corrected chi connectivity index (χ1v) is 6.21. The average Bonchev–Trinajstić information content (AvgIpc) is 2.96. The van der Waals surface area contributed by atoms with E-state index in [1.165, 1.54) is 17.4 Å². The summed E-state index contributed by atoms with van der Waals surface area (Å²) < 4.78 is 3.52. The van der Waals surface area contributed by atoms with Crippen molar-refractivity contribution in [3.05, 3.63) is 28.0 Å². The molecule has 0 spiro atoms. The van der Waals surface area contributed by atoms with Gasteiger partial charge in [0.2, 0.25) is 5.13 Å². The van der Waals surface area contributed by atoms with E-state index in [0.29, 0.717) is 14.9 Å². The minimum Gasteiger partial charge on any atom is -0.478 e. The van der Waals surface area contributed by atoms with Crippen molar-refractivity contribution >= 4 is 46.0 Å². The first-order valence-electron chi connectivity index (χ1n) is 4.62. The van der Waals surface area contributed by atoms with Crippen molar-refractivity contribution in [1.82, 2.24) is 14.8 Å². The summed E-state index contributed by atoms with van der Waals surface area (Å²) in [5.41, 5.74) is 0. The van der Waals surface area contributed by atoms with Gasteiger partial charge in [-0.25, -0.2) is 4.79 Å². The fourth-order valence-electron chi connectivity index (χ4n) is 1.06. The molecule has 2 rings (SSSR count). The lowest BCUT2D eigenvalue weighted by Gasteiger charge is -1.95. The van der Waals surface area contributed by atoms with Gasteiger partial charge in [0.25, 0.3) is 5.91 Å². The highest BCUT2D eigenvalue weighted by atomic mass is 32.1. The zero-order valence-corrected chi connectivity index (χ0v) is 10.4. The number of aliphatic carboxylic acids is 1. The Kier molecular flexibility index (Phi) is 3.75. The molecule has 0 unspecified atom stereocenters. The van der Waals surface area contributed by atoms with Gasteiger partial charge in [0, 0.05) is 22.5 Å². The SMILES string of the molecule is O=C(O)/C=C/c1ccc(C(=O)Nc2nnns2)s1. The maximum atomic E-state index is 11.7. The van der Waals surface area contributed by atoms with E-state index in [2.05, 4.69) is 20.1 Å². The second-order valence-corrected chi connectivity index (χ2v) is 4.84. The topological polar surface area (TPSA) is 105 Å². The first-order chi connectivity index (χ1) is 8.65. The molecule has 2 aromatic rings. The van der Waals surface area contributed by atoms with Crippen LogP contribution in [0.1, 0.15) is 14.5 Å². The zero-order chi connectivity index (χ0) is 13.0. The third kappa shape index (κ3) is 3.18. The highest BCUT2D eigenvalue weighted by Crippen LogP contribution is 2.19. The van der Waals surface area contributed by atoms with Crippen LogP contribution in [0.3, 0.4) is 0 Å². The number of hydrogen-bond acceptors (Lipinski definition) is 7. The van der Waals surface area contributed by atoms with Gasteiger partial charge in [0.15, 0.2) is 0 Å². The molecular weight excluding hydrogens is 276 g/mol. The van der Waals surface area contributed by atoms with E-state index in [1.807, 2.05) is 0 Å². The lowest BCUT2D eigenvalue weighted by atomic mass is 10.4. The summed E-state index contributed by atoms with van der Waals surface area (Å²) >= 11 is 2.15. The molecule has 0 saturated heterocycles. The number of nitrogens with one attached hydrogen (secondary N) is 1. The van der Waals surface area contributed by atoms with Crippen molar-refractivity contribution in [3.63, 3.8) is 0 Å². The Bertz CT molecular complexity index is 591. The molecule has 0 aliphatic rings. The monoisotopic (exact) mass is 282 g/mol. The maximum absolute atomic E-state index is 11.7. The molecule has 0 aliphatic carbocycles. The Morgan fingerprint density at radius 3 is 2.89 bits per heavy atom. The van der Waals surface area contributed by atoms with Crippen molar-refractivity contribution in [1.29, 1.82) is 0 Å². The van der Waals surface area contributed by atoms with E-state index in [0.717, 1.165) is 17.6 Å². The molecule has 0 aromatic carbocycles. The lowest BCUT2D eigenvalue weighted by molar-refractivity contribution is -0.131. The third-order valence-corrected chi connectivity index (χ3v) is 3.32. The highest BCUT2D eigenvalue weighted by molar-refractivity contribution is 7.15. The van der Waals surface area contributed by atoms with Gasteiger partial charge in [-0.15, -0.1) is 11.3 Å². The standard InChI is InChI=1S/C9H6N4O3S2/c14-7(15)4-2-5-1-3-6(17-5)8(16)10-9-11-12-13-18-9/h1-4H,(H,14,15)(H,10,11,13,16)/b4-2+. The number of anilines is 1. The number of carboxylic acid groups (broad SMARTS) is 1. The molecule has 0 bridgehead atoms. The molecule has 0 atom stereocenters. The summed E-state index contributed by atoms with van der Waals surface area (Å²) in [6.07, 6.45) is 2.44. The Morgan fingerprint density at radius 2 is 2.22 bits per heavy atom. The van der Waals surface area contributed by atoms with Gasteiger partial charge in [-0.3, -0.25) is 10.1 Å². The molecule has 1 amide bonds. The van der Waals surface area contributed by atoms with Gasteiger partial charge in [0.05, 0.1) is 4.88 Å². The Hall–Kier alpha value is -2.13. The molecule has 2 N–H and O–H groups in total. The minimum absolute atomic E-state index is 0.316. The molecule has 2 aromatic heterocycles. The van der Waals surface area contributed by atoms with Crippen LogP contribution in [0.25, 0.3) is 6.08 Å². The quantitative estimate of drug-likeness (QED) is 0.820. The predicted octanol–water partition coefficient (Wildman–Crippen LogP) is 1.34. The van der Waals surface area contributed by atoms with Crippen LogP contribution >= 0.6 is 22.9 Å². The van der Waals surface area contributed by atoms with Crippen molar-refractivity contribution in [3.8, 4) is 0 Å². The fourth-order valence-corrected chi connectivity index (χ4v) is 2.23. The van der Waals surface area contributed by atoms with Gasteiger partial charge in [-0.05, 0) is 23.4 Å². The van der Waals surface area contributed by atoms with E-state index in [9.17, 15) is 9.59 Å². The van der Waals surface area contributed by atoms with Crippen molar-refractivity contribution < 1.29 is 14.7 Å². The van der Waals surface area contributed by atoms with Crippen molar-refractivity contribution in [2.45, 2.75) is 0 Å². The number of carbonyl (C=O) groups excluding carboxylic acids is 1. The van der Waals surface area contributed by atoms with E-state index in [1.54, 1.807) is 12.1 Å². The van der Waals surface area contributed by atoms with Gasteiger partial charge < -0.3 is 5.11 Å². The van der Waals surface area contributed by atoms with Crippen LogP contribution in [0.15, 0.2) is 18.2 Å². The molecule has 9 heteroatoms. The number of nitrogens with zero attached hydrogens (tertiary/aromatic N) is 3. The maximum Gasteiger partial charge on any atom is 0.328 e. The molecular formula is C9H6N4O3S2. The largest absolute Gasteiger partial charge is 0.478 e. The molecule has 0 saturated carbocycles. The number of hydrogen-bond donors (Lipinski definition) is 2. The van der Waals surface area contributed by atoms with Crippen LogP contribution in [-0.2, 0) is 4.79 Å². The van der Waals surface area contributed by atoms with E-state index in [-0.39, 0.29) is 5.91 Å². The third-order valence-electron chi connectivity index (χ3n) is 1.76. The summed E-state index contributed by atoms with van der Waals surface area (Å²) in [5, 5.41) is 18.3.